The van der Waals surface area contributed by atoms with Crippen molar-refractivity contribution in [3.05, 3.63) is 58.6 Å². The molecule has 0 spiro atoms. The molecule has 0 amide bonds. The lowest BCUT2D eigenvalue weighted by molar-refractivity contribution is 0.0651. The number of alkyl halides is 2. The molecule has 3 aliphatic heterocycles. The molecule has 1 N–H and O–H groups in total. The summed E-state index contributed by atoms with van der Waals surface area (Å²) in [5.41, 5.74) is 9.95. The van der Waals surface area contributed by atoms with E-state index in [1.54, 1.807) is 25.0 Å². The van der Waals surface area contributed by atoms with Crippen LogP contribution >= 0.6 is 0 Å². The number of anilines is 2. The molecule has 43 heavy (non-hydrogen) atoms. The number of benzene rings is 1. The Morgan fingerprint density at radius 1 is 1.21 bits per heavy atom. The van der Waals surface area contributed by atoms with Gasteiger partial charge in [-0.05, 0) is 75.3 Å². The quantitative estimate of drug-likeness (QED) is 0.269. The molecule has 4 heterocycles. The summed E-state index contributed by atoms with van der Waals surface area (Å²) >= 11 is 0. The summed E-state index contributed by atoms with van der Waals surface area (Å²) < 4.78 is 36.8. The highest BCUT2D eigenvalue weighted by atomic mass is 19.3. The van der Waals surface area contributed by atoms with Crippen LogP contribution in [0.3, 0.4) is 0 Å². The first-order valence-electron chi connectivity index (χ1n) is 15.5. The summed E-state index contributed by atoms with van der Waals surface area (Å²) in [6.07, 6.45) is 8.47. The van der Waals surface area contributed by atoms with Crippen molar-refractivity contribution in [2.45, 2.75) is 85.7 Å². The van der Waals surface area contributed by atoms with Crippen molar-refractivity contribution in [3.63, 3.8) is 0 Å². The van der Waals surface area contributed by atoms with Gasteiger partial charge < -0.3 is 19.5 Å². The van der Waals surface area contributed by atoms with E-state index in [0.29, 0.717) is 11.6 Å². The second kappa shape index (κ2) is 15.9. The fourth-order valence-electron chi connectivity index (χ4n) is 6.02. The highest BCUT2D eigenvalue weighted by Crippen LogP contribution is 2.43. The first kappa shape index (κ1) is 34.1. The summed E-state index contributed by atoms with van der Waals surface area (Å²) in [5.74, 6) is 3.16. The maximum atomic E-state index is 14.4. The first-order chi connectivity index (χ1) is 20.7. The molecule has 236 valence electrons. The average molecular weight is 597 g/mol. The predicted molar refractivity (Wildman–Crippen MR) is 173 cm³/mol. The van der Waals surface area contributed by atoms with E-state index in [4.69, 9.17) is 9.84 Å². The van der Waals surface area contributed by atoms with Gasteiger partial charge in [-0.15, -0.1) is 12.3 Å². The van der Waals surface area contributed by atoms with Crippen LogP contribution in [0.5, 0.6) is 0 Å². The van der Waals surface area contributed by atoms with Crippen LogP contribution in [0.25, 0.3) is 5.57 Å². The number of allylic oxidation sites excluding steroid dienone is 2. The van der Waals surface area contributed by atoms with Gasteiger partial charge in [-0.1, -0.05) is 20.4 Å². The van der Waals surface area contributed by atoms with Crippen LogP contribution in [0.4, 0.5) is 20.3 Å². The minimum absolute atomic E-state index is 0.0650. The van der Waals surface area contributed by atoms with Crippen molar-refractivity contribution in [3.8, 4) is 12.3 Å². The van der Waals surface area contributed by atoms with Gasteiger partial charge in [0.05, 0.1) is 6.04 Å². The number of hydrogen-bond acceptors (Lipinski definition) is 6. The summed E-state index contributed by atoms with van der Waals surface area (Å²) in [7, 11) is 3.66. The van der Waals surface area contributed by atoms with Crippen LogP contribution in [0.15, 0.2) is 30.6 Å². The summed E-state index contributed by atoms with van der Waals surface area (Å²) in [4.78, 5) is 4.50. The topological polar surface area (TPSA) is 48.8 Å². The molecule has 1 aromatic carbocycles. The van der Waals surface area contributed by atoms with E-state index in [1.807, 2.05) is 47.0 Å². The third-order valence-corrected chi connectivity index (χ3v) is 8.17. The number of fused-ring (bicyclic) bond motifs is 2. The highest BCUT2D eigenvalue weighted by Gasteiger charge is 2.33. The maximum absolute atomic E-state index is 14.4. The number of nitrogens with zero attached hydrogens (tertiary/aromatic N) is 5. The van der Waals surface area contributed by atoms with Crippen LogP contribution in [0.2, 0.25) is 0 Å². The minimum atomic E-state index is -2.57. The van der Waals surface area contributed by atoms with Crippen molar-refractivity contribution in [1.82, 2.24) is 25.1 Å². The summed E-state index contributed by atoms with van der Waals surface area (Å²) in [6.45, 7) is 17.7. The van der Waals surface area contributed by atoms with Gasteiger partial charge in [-0.2, -0.15) is 5.10 Å². The molecule has 0 bridgehead atoms. The van der Waals surface area contributed by atoms with Gasteiger partial charge in [0.2, 0.25) is 0 Å². The lowest BCUT2D eigenvalue weighted by Gasteiger charge is -2.34. The molecule has 2 aromatic rings. The van der Waals surface area contributed by atoms with Crippen molar-refractivity contribution in [1.29, 1.82) is 0 Å². The molecule has 0 aliphatic carbocycles. The monoisotopic (exact) mass is 596 g/mol. The Balaban J connectivity index is 0.000000953. The van der Waals surface area contributed by atoms with Crippen molar-refractivity contribution in [2.24, 2.45) is 0 Å². The molecule has 3 aliphatic rings. The summed E-state index contributed by atoms with van der Waals surface area (Å²) in [6, 6.07) is 3.99. The maximum Gasteiger partial charge on any atom is 0.264 e. The van der Waals surface area contributed by atoms with E-state index >= 15 is 0 Å². The second-order valence-corrected chi connectivity index (χ2v) is 11.0. The zero-order chi connectivity index (χ0) is 31.7. The van der Waals surface area contributed by atoms with Crippen molar-refractivity contribution >= 4 is 17.1 Å². The van der Waals surface area contributed by atoms with E-state index < -0.39 is 6.43 Å². The fraction of sp³-hybridized carbons (Fsp3) is 0.559. The van der Waals surface area contributed by atoms with Crippen LogP contribution in [0, 0.1) is 12.3 Å². The molecule has 7 nitrogen and oxygen atoms in total. The lowest BCUT2D eigenvalue weighted by atomic mass is 9.92. The van der Waals surface area contributed by atoms with Crippen LogP contribution < -0.4 is 10.3 Å². The predicted octanol–water partition coefficient (Wildman–Crippen LogP) is 7.24. The zero-order valence-electron chi connectivity index (χ0n) is 27.1. The molecule has 1 saturated heterocycles. The normalized spacial score (nSPS) is 16.7. The third-order valence-electron chi connectivity index (χ3n) is 8.17. The Kier molecular flexibility index (Phi) is 12.6. The van der Waals surface area contributed by atoms with Crippen LogP contribution in [-0.4, -0.2) is 60.1 Å². The SMILES string of the molecule is C#CC.C=C(C)N1CCc2c(c(N3CCCc4cc(/C(C)=C/N(C)NC)c(C(F)F)cc43)nn2C2CCOCC2)C1.CC. The Bertz CT molecular complexity index is 1300. The number of aromatic nitrogens is 2. The number of halogens is 2. The molecule has 0 radical (unpaired) electrons. The molecular formula is C34H50F2N6O. The average Bonchev–Trinajstić information content (AvgIpc) is 3.40. The van der Waals surface area contributed by atoms with Gasteiger partial charge >= 0.3 is 0 Å². The number of aryl methyl sites for hydroxylation is 1. The molecule has 0 atom stereocenters. The molecule has 5 rings (SSSR count). The number of terminal acetylenes is 1. The molecular weight excluding hydrogens is 546 g/mol. The number of ether oxygens (including phenoxy) is 1. The van der Waals surface area contributed by atoms with Crippen LogP contribution in [-0.2, 0) is 24.1 Å². The highest BCUT2D eigenvalue weighted by molar-refractivity contribution is 5.75. The van der Waals surface area contributed by atoms with Gasteiger partial charge in [0.1, 0.15) is 0 Å². The summed E-state index contributed by atoms with van der Waals surface area (Å²) in [5, 5.41) is 7.01. The molecule has 9 heteroatoms. The number of hydrogen-bond donors (Lipinski definition) is 1. The number of hydrazine groups is 1. The van der Waals surface area contributed by atoms with E-state index in [9.17, 15) is 8.78 Å². The van der Waals surface area contributed by atoms with Crippen molar-refractivity contribution < 1.29 is 13.5 Å². The van der Waals surface area contributed by atoms with Gasteiger partial charge in [0.15, 0.2) is 5.82 Å². The molecule has 1 fully saturated rings. The van der Waals surface area contributed by atoms with E-state index in [-0.39, 0.29) is 5.56 Å². The van der Waals surface area contributed by atoms with Gasteiger partial charge in [-0.25, -0.2) is 14.2 Å². The second-order valence-electron chi connectivity index (χ2n) is 11.0. The Morgan fingerprint density at radius 3 is 2.49 bits per heavy atom. The third kappa shape index (κ3) is 7.79. The van der Waals surface area contributed by atoms with Crippen molar-refractivity contribution in [2.75, 3.05) is 45.3 Å². The first-order valence-corrected chi connectivity index (χ1v) is 15.5. The fourth-order valence-corrected chi connectivity index (χ4v) is 6.02. The smallest absolute Gasteiger partial charge is 0.264 e. The zero-order valence-corrected chi connectivity index (χ0v) is 27.1. The largest absolute Gasteiger partial charge is 0.381 e. The standard InChI is InChI=1S/C29H40F2N6O.C3H4.C2H6/c1-19(2)35-12-8-26-25(18-35)29(33-37(26)22-9-13-38-14-10-22)36-11-6-7-21-15-23(20(3)17-34(5)32-4)24(28(30)31)16-27(21)36;1-3-2;1-2/h15-17,22,28,32H,1,6-14,18H2,2-5H3;1H,2H3;1-2H3/b20-17+;;. The number of rotatable bonds is 7. The minimum Gasteiger partial charge on any atom is -0.381 e. The van der Waals surface area contributed by atoms with E-state index in [1.165, 1.54) is 11.3 Å². The number of nitrogens with one attached hydrogen (secondary N) is 1. The van der Waals surface area contributed by atoms with E-state index in [2.05, 4.69) is 38.8 Å². The van der Waals surface area contributed by atoms with E-state index in [0.717, 1.165) is 93.3 Å². The van der Waals surface area contributed by atoms with Gasteiger partial charge in [0.25, 0.3) is 6.43 Å². The lowest BCUT2D eigenvalue weighted by Crippen LogP contribution is -2.32. The van der Waals surface area contributed by atoms with Gasteiger partial charge in [-0.3, -0.25) is 4.68 Å². The van der Waals surface area contributed by atoms with Crippen LogP contribution in [0.1, 0.15) is 94.3 Å². The molecule has 1 aromatic heterocycles. The Morgan fingerprint density at radius 2 is 1.88 bits per heavy atom. The van der Waals surface area contributed by atoms with Gasteiger partial charge in [0, 0.05) is 87.8 Å². The molecule has 0 saturated carbocycles. The Labute approximate surface area is 257 Å². The molecule has 0 unspecified atom stereocenters. The Hall–Kier alpha value is -3.35.